The second-order valence-corrected chi connectivity index (χ2v) is 9.45. The highest BCUT2D eigenvalue weighted by molar-refractivity contribution is 6.08. The maximum atomic E-state index is 12.3. The number of anilines is 2. The van der Waals surface area contributed by atoms with Crippen LogP contribution in [0.5, 0.6) is 11.5 Å². The van der Waals surface area contributed by atoms with Crippen molar-refractivity contribution in [1.82, 2.24) is 14.9 Å². The van der Waals surface area contributed by atoms with E-state index in [2.05, 4.69) is 41.7 Å². The van der Waals surface area contributed by atoms with Crippen molar-refractivity contribution in [1.29, 1.82) is 5.41 Å². The van der Waals surface area contributed by atoms with E-state index in [0.717, 1.165) is 16.9 Å². The maximum absolute atomic E-state index is 12.3. The number of benzene rings is 1. The lowest BCUT2D eigenvalue weighted by molar-refractivity contribution is 0.0934. The van der Waals surface area contributed by atoms with Crippen molar-refractivity contribution in [3.05, 3.63) is 65.7 Å². The van der Waals surface area contributed by atoms with Gasteiger partial charge in [-0.05, 0) is 54.3 Å². The number of hydrogen-bond acceptors (Lipinski definition) is 6. The fourth-order valence-electron chi connectivity index (χ4n) is 3.43. The zero-order valence-corrected chi connectivity index (χ0v) is 20.9. The van der Waals surface area contributed by atoms with E-state index in [-0.39, 0.29) is 23.8 Å². The topological polar surface area (TPSA) is 124 Å². The van der Waals surface area contributed by atoms with Crippen LogP contribution in [0, 0.1) is 17.7 Å². The number of nitrogens with one attached hydrogen (secondary N) is 4. The normalized spacial score (nSPS) is 11.1. The molecule has 5 N–H and O–H groups in total. The lowest BCUT2D eigenvalue weighted by Crippen LogP contribution is -2.32. The minimum Gasteiger partial charge on any atom is -0.455 e. The Morgan fingerprint density at radius 3 is 2.57 bits per heavy atom. The zero-order chi connectivity index (χ0) is 25.6. The Balaban J connectivity index is 1.66. The van der Waals surface area contributed by atoms with E-state index in [9.17, 15) is 9.90 Å². The molecule has 0 bridgehead atoms. The molecule has 0 radical (unpaired) electrons. The van der Waals surface area contributed by atoms with Crippen LogP contribution >= 0.6 is 0 Å². The summed E-state index contributed by atoms with van der Waals surface area (Å²) in [5, 5.41) is 26.9. The molecule has 0 unspecified atom stereocenters. The molecular weight excluding hydrogens is 444 g/mol. The van der Waals surface area contributed by atoms with E-state index in [1.807, 2.05) is 42.0 Å². The Bertz CT molecular complexity index is 1180. The molecule has 1 amide bonds. The Morgan fingerprint density at radius 2 is 1.97 bits per heavy atom. The van der Waals surface area contributed by atoms with E-state index >= 15 is 0 Å². The van der Waals surface area contributed by atoms with Crippen molar-refractivity contribution in [2.24, 2.45) is 5.41 Å². The molecule has 2 heterocycles. The summed E-state index contributed by atoms with van der Waals surface area (Å²) in [5.41, 5.74) is 3.41. The van der Waals surface area contributed by atoms with Gasteiger partial charge >= 0.3 is 0 Å². The number of aliphatic hydroxyl groups excluding tert-OH is 1. The number of rotatable bonds is 9. The summed E-state index contributed by atoms with van der Waals surface area (Å²) < 4.78 is 7.79. The minimum atomic E-state index is -0.216. The summed E-state index contributed by atoms with van der Waals surface area (Å²) in [4.78, 5) is 16.5. The second kappa shape index (κ2) is 11.1. The van der Waals surface area contributed by atoms with Crippen LogP contribution in [-0.2, 0) is 6.54 Å². The van der Waals surface area contributed by atoms with Gasteiger partial charge in [0.25, 0.3) is 5.91 Å². The predicted octanol–water partition coefficient (Wildman–Crippen LogP) is 4.23. The maximum Gasteiger partial charge on any atom is 0.269 e. The van der Waals surface area contributed by atoms with Gasteiger partial charge in [0.2, 0.25) is 0 Å². The van der Waals surface area contributed by atoms with Crippen LogP contribution in [0.3, 0.4) is 0 Å². The molecule has 0 saturated heterocycles. The number of carbonyl (C=O) groups excluding carboxylic acids is 1. The zero-order valence-electron chi connectivity index (χ0n) is 20.9. The third-order valence-corrected chi connectivity index (χ3v) is 5.23. The Morgan fingerprint density at radius 1 is 1.20 bits per heavy atom. The molecule has 3 rings (SSSR count). The van der Waals surface area contributed by atoms with Gasteiger partial charge in [-0.2, -0.15) is 0 Å². The van der Waals surface area contributed by atoms with Gasteiger partial charge in [0, 0.05) is 32.0 Å². The van der Waals surface area contributed by atoms with Crippen LogP contribution in [0.2, 0.25) is 0 Å². The highest BCUT2D eigenvalue weighted by Crippen LogP contribution is 2.28. The van der Waals surface area contributed by atoms with E-state index in [4.69, 9.17) is 10.1 Å². The average Bonchev–Trinajstić information content (AvgIpc) is 3.22. The standard InChI is InChI=1S/C26H34N6O3/c1-17-14-18(31-24(27)23-20(28-5)10-11-32(23)12-13-33)6-9-22(17)35-19-7-8-21(29-15-19)25(34)30-16-26(2,3)4/h6-11,14-15,28,33H,12-13,16H2,1-5H3,(H2,27,31)(H,30,34). The molecule has 2 aromatic heterocycles. The summed E-state index contributed by atoms with van der Waals surface area (Å²) in [7, 11) is 1.80. The number of ether oxygens (including phenoxy) is 1. The molecule has 0 aliphatic carbocycles. The number of nitrogens with zero attached hydrogens (tertiary/aromatic N) is 2. The quantitative estimate of drug-likeness (QED) is 0.232. The van der Waals surface area contributed by atoms with Gasteiger partial charge in [-0.1, -0.05) is 20.8 Å². The molecular formula is C26H34N6O3. The molecule has 0 fully saturated rings. The first-order chi connectivity index (χ1) is 16.6. The van der Waals surface area contributed by atoms with Gasteiger partial charge < -0.3 is 30.4 Å². The molecule has 0 aliphatic heterocycles. The van der Waals surface area contributed by atoms with Crippen molar-refractivity contribution in [3.63, 3.8) is 0 Å². The number of amidine groups is 1. The number of aliphatic hydroxyl groups is 1. The first-order valence-corrected chi connectivity index (χ1v) is 11.5. The van der Waals surface area contributed by atoms with E-state index in [1.54, 1.807) is 19.2 Å². The van der Waals surface area contributed by atoms with E-state index in [0.29, 0.717) is 36.0 Å². The van der Waals surface area contributed by atoms with Crippen LogP contribution in [0.15, 0.2) is 48.8 Å². The average molecular weight is 479 g/mol. The van der Waals surface area contributed by atoms with Gasteiger partial charge in [-0.15, -0.1) is 0 Å². The SMILES string of the molecule is CNc1ccn(CCO)c1C(=N)Nc1ccc(Oc2ccc(C(=O)NCC(C)(C)C)nc2)c(C)c1. The summed E-state index contributed by atoms with van der Waals surface area (Å²) in [5.74, 6) is 1.17. The van der Waals surface area contributed by atoms with Gasteiger partial charge in [0.05, 0.1) is 18.5 Å². The number of amides is 1. The highest BCUT2D eigenvalue weighted by atomic mass is 16.5. The Kier molecular flexibility index (Phi) is 8.14. The third kappa shape index (κ3) is 6.83. The monoisotopic (exact) mass is 478 g/mol. The van der Waals surface area contributed by atoms with Crippen molar-refractivity contribution in [2.45, 2.75) is 34.2 Å². The van der Waals surface area contributed by atoms with Crippen LogP contribution in [-0.4, -0.2) is 46.6 Å². The third-order valence-electron chi connectivity index (χ3n) is 5.23. The van der Waals surface area contributed by atoms with Crippen LogP contribution in [0.25, 0.3) is 0 Å². The second-order valence-electron chi connectivity index (χ2n) is 9.45. The smallest absolute Gasteiger partial charge is 0.269 e. The number of pyridine rings is 1. The van der Waals surface area contributed by atoms with Gasteiger partial charge in [0.1, 0.15) is 28.7 Å². The molecule has 0 aliphatic rings. The number of carbonyl (C=O) groups is 1. The van der Waals surface area contributed by atoms with Gasteiger partial charge in [-0.25, -0.2) is 4.98 Å². The molecule has 9 nitrogen and oxygen atoms in total. The molecule has 1 aromatic carbocycles. The largest absolute Gasteiger partial charge is 0.455 e. The van der Waals surface area contributed by atoms with Gasteiger partial charge in [-0.3, -0.25) is 10.2 Å². The summed E-state index contributed by atoms with van der Waals surface area (Å²) in [6.45, 7) is 9.03. The van der Waals surface area contributed by atoms with Crippen LogP contribution in [0.1, 0.15) is 42.5 Å². The number of hydrogen-bond donors (Lipinski definition) is 5. The minimum absolute atomic E-state index is 0.00529. The van der Waals surface area contributed by atoms with Crippen LogP contribution < -0.4 is 20.7 Å². The molecule has 0 atom stereocenters. The van der Waals surface area contributed by atoms with E-state index < -0.39 is 0 Å². The lowest BCUT2D eigenvalue weighted by Gasteiger charge is -2.18. The number of aromatic nitrogens is 2. The first-order valence-electron chi connectivity index (χ1n) is 11.5. The molecule has 0 saturated carbocycles. The first kappa shape index (κ1) is 25.8. The van der Waals surface area contributed by atoms with E-state index in [1.165, 1.54) is 6.20 Å². The van der Waals surface area contributed by atoms with Crippen molar-refractivity contribution >= 4 is 23.1 Å². The van der Waals surface area contributed by atoms with Crippen molar-refractivity contribution in [2.75, 3.05) is 30.8 Å². The summed E-state index contributed by atoms with van der Waals surface area (Å²) in [6.07, 6.45) is 3.37. The summed E-state index contributed by atoms with van der Waals surface area (Å²) >= 11 is 0. The molecule has 35 heavy (non-hydrogen) atoms. The summed E-state index contributed by atoms with van der Waals surface area (Å²) in [6, 6.07) is 10.8. The van der Waals surface area contributed by atoms with Crippen molar-refractivity contribution in [3.8, 4) is 11.5 Å². The highest BCUT2D eigenvalue weighted by Gasteiger charge is 2.15. The Hall–Kier alpha value is -3.85. The lowest BCUT2D eigenvalue weighted by atomic mass is 9.97. The molecule has 186 valence electrons. The van der Waals surface area contributed by atoms with Crippen molar-refractivity contribution < 1.29 is 14.6 Å². The number of aryl methyl sites for hydroxylation is 1. The fourth-order valence-corrected chi connectivity index (χ4v) is 3.43. The predicted molar refractivity (Wildman–Crippen MR) is 139 cm³/mol. The Labute approximate surface area is 206 Å². The van der Waals surface area contributed by atoms with Crippen LogP contribution in [0.4, 0.5) is 11.4 Å². The molecule has 3 aromatic rings. The van der Waals surface area contributed by atoms with Gasteiger partial charge in [0.15, 0.2) is 0 Å². The molecule has 0 spiro atoms. The molecule has 9 heteroatoms. The fraction of sp³-hybridized carbons (Fsp3) is 0.346.